The average Bonchev–Trinajstić information content (AvgIpc) is 3.18. The maximum Gasteiger partial charge on any atom is 0.323 e. The molecule has 29 heavy (non-hydrogen) atoms. The van der Waals surface area contributed by atoms with Crippen molar-refractivity contribution in [1.29, 1.82) is 0 Å². The molecule has 1 heterocycles. The van der Waals surface area contributed by atoms with E-state index in [1.54, 1.807) is 0 Å². The lowest BCUT2D eigenvalue weighted by Crippen LogP contribution is -2.30. The Morgan fingerprint density at radius 2 is 1.66 bits per heavy atom. The summed E-state index contributed by atoms with van der Waals surface area (Å²) in [7, 11) is 0. The van der Waals surface area contributed by atoms with Crippen LogP contribution in [0.1, 0.15) is 51.6 Å². The molecular weight excluding hydrogens is 356 g/mol. The van der Waals surface area contributed by atoms with Crippen molar-refractivity contribution in [2.24, 2.45) is 0 Å². The van der Waals surface area contributed by atoms with Crippen LogP contribution in [0, 0.1) is 20.8 Å². The Morgan fingerprint density at radius 1 is 0.897 bits per heavy atom. The number of carbonyl (C=O) groups excluding carboxylic acids is 1. The van der Waals surface area contributed by atoms with Crippen LogP contribution >= 0.6 is 0 Å². The molecule has 3 aromatic rings. The summed E-state index contributed by atoms with van der Waals surface area (Å²) in [6, 6.07) is 15.1. The van der Waals surface area contributed by atoms with Gasteiger partial charge in [-0.05, 0) is 77.1 Å². The van der Waals surface area contributed by atoms with Crippen LogP contribution in [0.4, 0.5) is 0 Å². The fraction of sp³-hybridized carbons (Fsp3) is 0.222. The van der Waals surface area contributed by atoms with Crippen molar-refractivity contribution in [3.8, 4) is 5.75 Å². The first-order valence-electron chi connectivity index (χ1n) is 10.3. The molecule has 0 amide bonds. The summed E-state index contributed by atoms with van der Waals surface area (Å²) in [6.07, 6.45) is 5.24. The van der Waals surface area contributed by atoms with Gasteiger partial charge >= 0.3 is 5.97 Å². The number of fused-ring (bicyclic) bond motifs is 1. The van der Waals surface area contributed by atoms with E-state index in [-0.39, 0.29) is 17.8 Å². The number of aryl methyl sites for hydroxylation is 3. The third kappa shape index (κ3) is 2.09. The smallest absolute Gasteiger partial charge is 0.323 e. The summed E-state index contributed by atoms with van der Waals surface area (Å²) in [6.45, 7) is 6.39. The Balaban J connectivity index is 1.80. The van der Waals surface area contributed by atoms with E-state index in [1.165, 1.54) is 44.3 Å². The first-order valence-corrected chi connectivity index (χ1v) is 10.3. The molecule has 0 radical (unpaired) electrons. The second kappa shape index (κ2) is 5.70. The summed E-state index contributed by atoms with van der Waals surface area (Å²) in [5, 5.41) is 2.39. The molecule has 0 spiro atoms. The molecule has 2 unspecified atom stereocenters. The molecule has 0 saturated heterocycles. The number of rotatable bonds is 1. The molecular formula is C27H22O2. The lowest BCUT2D eigenvalue weighted by atomic mass is 9.68. The van der Waals surface area contributed by atoms with Crippen LogP contribution in [0.15, 0.2) is 65.8 Å². The number of allylic oxidation sites excluding steroid dienone is 3. The van der Waals surface area contributed by atoms with Gasteiger partial charge in [-0.25, -0.2) is 0 Å². The van der Waals surface area contributed by atoms with Gasteiger partial charge in [-0.1, -0.05) is 54.6 Å². The van der Waals surface area contributed by atoms with Crippen molar-refractivity contribution in [1.82, 2.24) is 0 Å². The quantitative estimate of drug-likeness (QED) is 0.374. The number of esters is 1. The molecule has 142 valence electrons. The summed E-state index contributed by atoms with van der Waals surface area (Å²) >= 11 is 0. The largest absolute Gasteiger partial charge is 0.425 e. The zero-order chi connectivity index (χ0) is 19.9. The van der Waals surface area contributed by atoms with Crippen LogP contribution < -0.4 is 4.74 Å². The van der Waals surface area contributed by atoms with Gasteiger partial charge in [0, 0.05) is 11.3 Å². The molecule has 1 aliphatic heterocycles. The molecule has 0 fully saturated rings. The van der Waals surface area contributed by atoms with E-state index in [9.17, 15) is 4.79 Å². The molecule has 2 heteroatoms. The third-order valence-corrected chi connectivity index (χ3v) is 6.85. The summed E-state index contributed by atoms with van der Waals surface area (Å²) in [4.78, 5) is 13.2. The summed E-state index contributed by atoms with van der Waals surface area (Å²) in [5.74, 6) is 0.512. The minimum atomic E-state index is -0.285. The SMILES string of the molecule is Cc1cc(C)c2c(C)cc3c4c2c1OC(=O)C4C1=C(C=CC1)C3c1ccccc1. The first kappa shape index (κ1) is 16.8. The Hall–Kier alpha value is -3.13. The molecule has 3 aliphatic rings. The fourth-order valence-corrected chi connectivity index (χ4v) is 5.81. The second-order valence-electron chi connectivity index (χ2n) is 8.57. The van der Waals surface area contributed by atoms with Crippen LogP contribution in [-0.2, 0) is 4.79 Å². The van der Waals surface area contributed by atoms with E-state index in [0.29, 0.717) is 0 Å². The van der Waals surface area contributed by atoms with Crippen LogP contribution in [-0.4, -0.2) is 5.97 Å². The number of hydrogen-bond donors (Lipinski definition) is 0. The summed E-state index contributed by atoms with van der Waals surface area (Å²) < 4.78 is 5.99. The Morgan fingerprint density at radius 3 is 2.45 bits per heavy atom. The fourth-order valence-electron chi connectivity index (χ4n) is 5.81. The van der Waals surface area contributed by atoms with Gasteiger partial charge < -0.3 is 4.74 Å². The van der Waals surface area contributed by atoms with E-state index in [1.807, 2.05) is 6.92 Å². The molecule has 0 aromatic heterocycles. The highest BCUT2D eigenvalue weighted by Crippen LogP contribution is 2.56. The minimum Gasteiger partial charge on any atom is -0.425 e. The van der Waals surface area contributed by atoms with Gasteiger partial charge in [0.25, 0.3) is 0 Å². The lowest BCUT2D eigenvalue weighted by molar-refractivity contribution is -0.135. The molecule has 2 nitrogen and oxygen atoms in total. The van der Waals surface area contributed by atoms with Gasteiger partial charge in [-0.15, -0.1) is 0 Å². The monoisotopic (exact) mass is 378 g/mol. The molecule has 0 saturated carbocycles. The van der Waals surface area contributed by atoms with Gasteiger partial charge in [0.05, 0.1) is 0 Å². The first-order chi connectivity index (χ1) is 14.1. The molecule has 2 aliphatic carbocycles. The Kier molecular flexibility index (Phi) is 3.30. The zero-order valence-corrected chi connectivity index (χ0v) is 16.9. The van der Waals surface area contributed by atoms with E-state index in [4.69, 9.17) is 4.74 Å². The average molecular weight is 378 g/mol. The topological polar surface area (TPSA) is 26.3 Å². The number of hydrogen-bond acceptors (Lipinski definition) is 2. The minimum absolute atomic E-state index is 0.126. The molecule has 0 N–H and O–H groups in total. The van der Waals surface area contributed by atoms with Crippen LogP contribution in [0.25, 0.3) is 10.8 Å². The van der Waals surface area contributed by atoms with Crippen LogP contribution in [0.5, 0.6) is 5.75 Å². The number of carbonyl (C=O) groups is 1. The standard InChI is InChI=1S/C27H22O2/c1-14-12-16(3)26-25-21(14)15(2)13-20-22(17-8-5-4-6-9-17)18-10-7-11-19(18)24(23(20)25)27(28)29-26/h4-10,12-13,22,24H,11H2,1-3H3. The normalized spacial score (nSPS) is 21.6. The number of benzene rings is 3. The Bertz CT molecular complexity index is 1290. The predicted octanol–water partition coefficient (Wildman–Crippen LogP) is 6.17. The van der Waals surface area contributed by atoms with Crippen molar-refractivity contribution in [3.63, 3.8) is 0 Å². The van der Waals surface area contributed by atoms with Gasteiger partial charge in [0.2, 0.25) is 0 Å². The van der Waals surface area contributed by atoms with Crippen molar-refractivity contribution >= 4 is 16.7 Å². The number of ether oxygens (including phenoxy) is 1. The van der Waals surface area contributed by atoms with Crippen molar-refractivity contribution in [3.05, 3.63) is 99.1 Å². The van der Waals surface area contributed by atoms with Crippen LogP contribution in [0.3, 0.4) is 0 Å². The third-order valence-electron chi connectivity index (χ3n) is 6.85. The summed E-state index contributed by atoms with van der Waals surface area (Å²) in [5.41, 5.74) is 9.75. The maximum absolute atomic E-state index is 13.2. The van der Waals surface area contributed by atoms with Crippen molar-refractivity contribution in [2.45, 2.75) is 39.0 Å². The second-order valence-corrected chi connectivity index (χ2v) is 8.57. The van der Waals surface area contributed by atoms with Crippen molar-refractivity contribution < 1.29 is 9.53 Å². The highest BCUT2D eigenvalue weighted by molar-refractivity contribution is 6.06. The van der Waals surface area contributed by atoms with E-state index in [2.05, 4.69) is 68.5 Å². The van der Waals surface area contributed by atoms with Gasteiger partial charge in [-0.2, -0.15) is 0 Å². The highest BCUT2D eigenvalue weighted by Gasteiger charge is 2.44. The van der Waals surface area contributed by atoms with E-state index < -0.39 is 0 Å². The van der Waals surface area contributed by atoms with Gasteiger partial charge in [-0.3, -0.25) is 4.79 Å². The zero-order valence-electron chi connectivity index (χ0n) is 16.9. The van der Waals surface area contributed by atoms with Crippen LogP contribution in [0.2, 0.25) is 0 Å². The van der Waals surface area contributed by atoms with Gasteiger partial charge in [0.15, 0.2) is 0 Å². The van der Waals surface area contributed by atoms with Gasteiger partial charge in [0.1, 0.15) is 11.7 Å². The molecule has 3 aromatic carbocycles. The molecule has 2 atom stereocenters. The predicted molar refractivity (Wildman–Crippen MR) is 116 cm³/mol. The molecule has 0 bridgehead atoms. The highest BCUT2D eigenvalue weighted by atomic mass is 16.5. The lowest BCUT2D eigenvalue weighted by Gasteiger charge is -2.37. The Labute approximate surface area is 170 Å². The van der Waals surface area contributed by atoms with E-state index in [0.717, 1.165) is 23.1 Å². The van der Waals surface area contributed by atoms with Crippen molar-refractivity contribution in [2.75, 3.05) is 0 Å². The molecule has 6 rings (SSSR count). The van der Waals surface area contributed by atoms with E-state index >= 15 is 0 Å². The maximum atomic E-state index is 13.2.